The first-order valence-corrected chi connectivity index (χ1v) is 11.7. The molecule has 0 radical (unpaired) electrons. The van der Waals surface area contributed by atoms with Crippen molar-refractivity contribution in [1.29, 1.82) is 0 Å². The highest BCUT2D eigenvalue weighted by molar-refractivity contribution is 7.88. The molecule has 3 aromatic rings. The van der Waals surface area contributed by atoms with Crippen LogP contribution < -0.4 is 9.08 Å². The smallest absolute Gasteiger partial charge is 0.376 e. The molecule has 5 rings (SSSR count). The van der Waals surface area contributed by atoms with Gasteiger partial charge in [-0.05, 0) is 49.1 Å². The Morgan fingerprint density at radius 1 is 1.03 bits per heavy atom. The summed E-state index contributed by atoms with van der Waals surface area (Å²) in [6, 6.07) is 10.4. The van der Waals surface area contributed by atoms with Crippen LogP contribution in [-0.2, 0) is 10.1 Å². The molecule has 1 atom stereocenters. The van der Waals surface area contributed by atoms with Gasteiger partial charge in [0.05, 0.1) is 24.3 Å². The Balaban J connectivity index is 1.29. The summed E-state index contributed by atoms with van der Waals surface area (Å²) in [7, 11) is -5.70. The highest BCUT2D eigenvalue weighted by Gasteiger charge is 2.48. The monoisotopic (exact) mass is 481 g/mol. The van der Waals surface area contributed by atoms with Crippen molar-refractivity contribution in [2.45, 2.75) is 24.4 Å². The number of halogens is 4. The van der Waals surface area contributed by atoms with Gasteiger partial charge in [-0.25, -0.2) is 9.37 Å². The third-order valence-corrected chi connectivity index (χ3v) is 7.25. The van der Waals surface area contributed by atoms with Crippen LogP contribution in [0.15, 0.2) is 55.0 Å². The van der Waals surface area contributed by atoms with E-state index in [1.807, 2.05) is 10.6 Å². The summed E-state index contributed by atoms with van der Waals surface area (Å²) in [6.45, 7) is 1.33. The van der Waals surface area contributed by atoms with E-state index in [0.717, 1.165) is 29.8 Å². The molecule has 3 heterocycles. The van der Waals surface area contributed by atoms with Gasteiger partial charge < -0.3 is 13.7 Å². The minimum Gasteiger partial charge on any atom is -0.376 e. The van der Waals surface area contributed by atoms with Crippen molar-refractivity contribution in [2.24, 2.45) is 5.92 Å². The van der Waals surface area contributed by atoms with Crippen LogP contribution >= 0.6 is 0 Å². The molecular weight excluding hydrogens is 462 g/mol. The van der Waals surface area contributed by atoms with Gasteiger partial charge in [-0.15, -0.1) is 0 Å². The van der Waals surface area contributed by atoms with Gasteiger partial charge in [0.15, 0.2) is 0 Å². The number of hydrogen-bond donors (Lipinski definition) is 0. The van der Waals surface area contributed by atoms with E-state index in [-0.39, 0.29) is 17.8 Å². The van der Waals surface area contributed by atoms with Gasteiger partial charge in [0.25, 0.3) is 0 Å². The Morgan fingerprint density at radius 2 is 1.73 bits per heavy atom. The molecule has 0 aliphatic carbocycles. The second-order valence-electron chi connectivity index (χ2n) is 8.13. The predicted molar refractivity (Wildman–Crippen MR) is 113 cm³/mol. The number of imidazole rings is 1. The number of alkyl halides is 3. The first-order chi connectivity index (χ1) is 15.7. The van der Waals surface area contributed by atoms with E-state index >= 15 is 0 Å². The number of anilines is 1. The lowest BCUT2D eigenvalue weighted by Crippen LogP contribution is -2.36. The van der Waals surface area contributed by atoms with Crippen LogP contribution in [0.2, 0.25) is 0 Å². The van der Waals surface area contributed by atoms with Gasteiger partial charge in [0, 0.05) is 29.9 Å². The summed E-state index contributed by atoms with van der Waals surface area (Å²) >= 11 is 0. The lowest BCUT2D eigenvalue weighted by atomic mass is 9.85. The Morgan fingerprint density at radius 3 is 2.39 bits per heavy atom. The molecule has 2 aliphatic heterocycles. The van der Waals surface area contributed by atoms with E-state index in [4.69, 9.17) is 0 Å². The standard InChI is InChI=1S/C22H19F4N3O3S/c23-18-3-1-2-17-19-12-27-13-29(19)21(20(17)18)14-8-10-28(11-9-14)15-4-6-16(7-5-15)32-33(30,31)22(24,25)26/h1-7,12-14,21H,8-11H2/t21-/m0/s1. The van der Waals surface area contributed by atoms with E-state index in [2.05, 4.69) is 14.1 Å². The SMILES string of the molecule is O=S(=O)(Oc1ccc(N2CCC([C@H]3c4c(F)cccc4-c4cncn43)CC2)cc1)C(F)(F)F. The zero-order chi connectivity index (χ0) is 23.4. The summed E-state index contributed by atoms with van der Waals surface area (Å²) in [5.74, 6) is -0.448. The Hall–Kier alpha value is -3.08. The van der Waals surface area contributed by atoms with Crippen molar-refractivity contribution in [1.82, 2.24) is 9.55 Å². The first kappa shape index (κ1) is 21.7. The van der Waals surface area contributed by atoms with E-state index < -0.39 is 21.4 Å². The second kappa shape index (κ2) is 7.75. The Labute approximate surface area is 187 Å². The summed E-state index contributed by atoms with van der Waals surface area (Å²) in [6.07, 6.45) is 5.03. The molecule has 0 bridgehead atoms. The van der Waals surface area contributed by atoms with E-state index in [1.165, 1.54) is 30.3 Å². The predicted octanol–water partition coefficient (Wildman–Crippen LogP) is 4.74. The number of piperidine rings is 1. The van der Waals surface area contributed by atoms with Crippen molar-refractivity contribution in [2.75, 3.05) is 18.0 Å². The molecule has 2 aromatic carbocycles. The maximum atomic E-state index is 14.7. The van der Waals surface area contributed by atoms with Crippen LogP contribution in [0.5, 0.6) is 5.75 Å². The summed E-state index contributed by atoms with van der Waals surface area (Å²) < 4.78 is 80.7. The van der Waals surface area contributed by atoms with Gasteiger partial charge in [-0.3, -0.25) is 0 Å². The number of aromatic nitrogens is 2. The molecule has 6 nitrogen and oxygen atoms in total. The summed E-state index contributed by atoms with van der Waals surface area (Å²) in [5.41, 5.74) is -2.28. The van der Waals surface area contributed by atoms with Gasteiger partial charge in [0.1, 0.15) is 11.6 Å². The third-order valence-electron chi connectivity index (χ3n) is 6.27. The molecule has 0 unspecified atom stereocenters. The highest BCUT2D eigenvalue weighted by atomic mass is 32.2. The fourth-order valence-corrected chi connectivity index (χ4v) is 5.22. The van der Waals surface area contributed by atoms with Crippen LogP contribution in [0, 0.1) is 11.7 Å². The number of fused-ring (bicyclic) bond motifs is 3. The fraction of sp³-hybridized carbons (Fsp3) is 0.318. The number of hydrogen-bond acceptors (Lipinski definition) is 5. The fourth-order valence-electron chi connectivity index (χ4n) is 4.76. The van der Waals surface area contributed by atoms with E-state index in [9.17, 15) is 26.0 Å². The zero-order valence-corrected chi connectivity index (χ0v) is 18.0. The minimum atomic E-state index is -5.70. The molecule has 1 fully saturated rings. The summed E-state index contributed by atoms with van der Waals surface area (Å²) in [5, 5.41) is 0. The average molecular weight is 481 g/mol. The first-order valence-electron chi connectivity index (χ1n) is 10.3. The lowest BCUT2D eigenvalue weighted by molar-refractivity contribution is -0.0500. The van der Waals surface area contributed by atoms with Crippen LogP contribution in [-0.4, -0.2) is 36.6 Å². The lowest BCUT2D eigenvalue weighted by Gasteiger charge is -2.37. The maximum Gasteiger partial charge on any atom is 0.534 e. The molecular formula is C22H19F4N3O3S. The molecule has 2 aliphatic rings. The van der Waals surface area contributed by atoms with Crippen molar-refractivity contribution < 1.29 is 30.2 Å². The number of benzene rings is 2. The van der Waals surface area contributed by atoms with Crippen molar-refractivity contribution in [3.8, 4) is 17.0 Å². The minimum absolute atomic E-state index is 0.135. The molecule has 1 saturated heterocycles. The van der Waals surface area contributed by atoms with Crippen molar-refractivity contribution in [3.63, 3.8) is 0 Å². The average Bonchev–Trinajstić information content (AvgIpc) is 3.35. The molecule has 0 N–H and O–H groups in total. The maximum absolute atomic E-state index is 14.7. The van der Waals surface area contributed by atoms with Crippen molar-refractivity contribution in [3.05, 3.63) is 66.4 Å². The van der Waals surface area contributed by atoms with E-state index in [1.54, 1.807) is 18.6 Å². The second-order valence-corrected chi connectivity index (χ2v) is 9.67. The molecule has 11 heteroatoms. The number of rotatable bonds is 4. The number of nitrogens with zero attached hydrogens (tertiary/aromatic N) is 3. The largest absolute Gasteiger partial charge is 0.534 e. The summed E-state index contributed by atoms with van der Waals surface area (Å²) in [4.78, 5) is 6.29. The molecule has 0 spiro atoms. The van der Waals surface area contributed by atoms with Crippen LogP contribution in [0.4, 0.5) is 23.2 Å². The third kappa shape index (κ3) is 3.73. The van der Waals surface area contributed by atoms with E-state index in [0.29, 0.717) is 18.7 Å². The van der Waals surface area contributed by atoms with Crippen LogP contribution in [0.1, 0.15) is 24.4 Å². The zero-order valence-electron chi connectivity index (χ0n) is 17.2. The molecule has 33 heavy (non-hydrogen) atoms. The molecule has 174 valence electrons. The Bertz CT molecular complexity index is 1280. The molecule has 0 saturated carbocycles. The van der Waals surface area contributed by atoms with Crippen LogP contribution in [0.3, 0.4) is 0 Å². The van der Waals surface area contributed by atoms with Gasteiger partial charge in [0.2, 0.25) is 0 Å². The molecule has 1 aromatic heterocycles. The quantitative estimate of drug-likeness (QED) is 0.306. The van der Waals surface area contributed by atoms with Gasteiger partial charge in [-0.1, -0.05) is 12.1 Å². The van der Waals surface area contributed by atoms with Crippen LogP contribution in [0.25, 0.3) is 11.3 Å². The topological polar surface area (TPSA) is 64.4 Å². The molecule has 0 amide bonds. The van der Waals surface area contributed by atoms with Crippen molar-refractivity contribution >= 4 is 15.8 Å². The normalized spacial score (nSPS) is 18.8. The Kier molecular flexibility index (Phi) is 5.11. The van der Waals surface area contributed by atoms with Gasteiger partial charge in [-0.2, -0.15) is 21.6 Å². The van der Waals surface area contributed by atoms with Gasteiger partial charge >= 0.3 is 15.6 Å². The highest BCUT2D eigenvalue weighted by Crippen LogP contribution is 2.47.